The van der Waals surface area contributed by atoms with Gasteiger partial charge in [0, 0.05) is 17.6 Å². The first kappa shape index (κ1) is 19.4. The van der Waals surface area contributed by atoms with E-state index in [2.05, 4.69) is 21.2 Å². The summed E-state index contributed by atoms with van der Waals surface area (Å²) in [4.78, 5) is 12.4. The maximum Gasteiger partial charge on any atom is 0.256 e. The van der Waals surface area contributed by atoms with Gasteiger partial charge < -0.3 is 10.4 Å². The smallest absolute Gasteiger partial charge is 0.256 e. The van der Waals surface area contributed by atoms with E-state index in [1.165, 1.54) is 22.5 Å². The van der Waals surface area contributed by atoms with Gasteiger partial charge in [0.05, 0.1) is 16.1 Å². The van der Waals surface area contributed by atoms with Crippen molar-refractivity contribution >= 4 is 37.5 Å². The van der Waals surface area contributed by atoms with Gasteiger partial charge in [-0.2, -0.15) is 4.31 Å². The van der Waals surface area contributed by atoms with Gasteiger partial charge in [-0.25, -0.2) is 8.42 Å². The van der Waals surface area contributed by atoms with Crippen molar-refractivity contribution in [3.8, 4) is 5.75 Å². The van der Waals surface area contributed by atoms with Crippen molar-refractivity contribution < 1.29 is 18.3 Å². The summed E-state index contributed by atoms with van der Waals surface area (Å²) in [6.45, 7) is 4.16. The number of carbonyl (C=O) groups excluding carboxylic acids is 1. The number of benzene rings is 2. The molecule has 0 spiro atoms. The molecule has 0 fully saturated rings. The molecule has 0 aliphatic rings. The highest BCUT2D eigenvalue weighted by Gasteiger charge is 2.23. The number of carbonyl (C=O) groups is 1. The van der Waals surface area contributed by atoms with E-state index < -0.39 is 15.9 Å². The van der Waals surface area contributed by atoms with E-state index in [9.17, 15) is 18.3 Å². The van der Waals surface area contributed by atoms with Crippen LogP contribution in [0.5, 0.6) is 5.75 Å². The largest absolute Gasteiger partial charge is 0.506 e. The Hall–Kier alpha value is -1.90. The summed E-state index contributed by atoms with van der Waals surface area (Å²) in [5, 5.41) is 12.5. The van der Waals surface area contributed by atoms with Crippen LogP contribution in [0.15, 0.2) is 51.8 Å². The minimum Gasteiger partial charge on any atom is -0.506 e. The van der Waals surface area contributed by atoms with Crippen molar-refractivity contribution in [3.05, 3.63) is 52.5 Å². The van der Waals surface area contributed by atoms with Crippen LogP contribution in [0.2, 0.25) is 0 Å². The standard InChI is InChI=1S/C17H19BrN2O4S/c1-3-20(4-2)25(23,24)12-9-10-16(21)15(11-12)19-17(22)13-7-5-6-8-14(13)18/h5-11,21H,3-4H2,1-2H3,(H,19,22). The van der Waals surface area contributed by atoms with Crippen molar-refractivity contribution in [1.29, 1.82) is 0 Å². The third-order valence-electron chi connectivity index (χ3n) is 3.68. The maximum absolute atomic E-state index is 12.6. The Morgan fingerprint density at radius 3 is 2.40 bits per heavy atom. The van der Waals surface area contributed by atoms with Crippen LogP contribution < -0.4 is 5.32 Å². The van der Waals surface area contributed by atoms with Crippen LogP contribution in [-0.4, -0.2) is 36.8 Å². The highest BCUT2D eigenvalue weighted by molar-refractivity contribution is 9.10. The Bertz CT molecular complexity index is 880. The molecule has 0 aromatic heterocycles. The van der Waals surface area contributed by atoms with Crippen LogP contribution in [0.4, 0.5) is 5.69 Å². The third kappa shape index (κ3) is 4.20. The Balaban J connectivity index is 2.37. The Morgan fingerprint density at radius 2 is 1.80 bits per heavy atom. The lowest BCUT2D eigenvalue weighted by Crippen LogP contribution is -2.30. The normalized spacial score (nSPS) is 11.5. The molecule has 2 aromatic rings. The Kier molecular flexibility index (Phi) is 6.21. The number of hydrogen-bond acceptors (Lipinski definition) is 4. The Labute approximate surface area is 155 Å². The lowest BCUT2D eigenvalue weighted by atomic mass is 10.2. The third-order valence-corrected chi connectivity index (χ3v) is 6.42. The summed E-state index contributed by atoms with van der Waals surface area (Å²) in [6, 6.07) is 10.7. The first-order valence-corrected chi connectivity index (χ1v) is 9.93. The first-order valence-electron chi connectivity index (χ1n) is 7.70. The predicted octanol–water partition coefficient (Wildman–Crippen LogP) is 3.44. The van der Waals surface area contributed by atoms with E-state index in [4.69, 9.17) is 0 Å². The SMILES string of the molecule is CCN(CC)S(=O)(=O)c1ccc(O)c(NC(=O)c2ccccc2Br)c1. The predicted molar refractivity (Wildman–Crippen MR) is 100 cm³/mol. The highest BCUT2D eigenvalue weighted by Crippen LogP contribution is 2.29. The average molecular weight is 427 g/mol. The van der Waals surface area contributed by atoms with Gasteiger partial charge in [-0.3, -0.25) is 4.79 Å². The molecule has 0 atom stereocenters. The first-order chi connectivity index (χ1) is 11.8. The van der Waals surface area contributed by atoms with Crippen molar-refractivity contribution in [2.45, 2.75) is 18.7 Å². The minimum absolute atomic E-state index is 0.0106. The zero-order chi connectivity index (χ0) is 18.6. The number of anilines is 1. The topological polar surface area (TPSA) is 86.7 Å². The van der Waals surface area contributed by atoms with Gasteiger partial charge in [0.15, 0.2) is 0 Å². The molecule has 0 saturated heterocycles. The van der Waals surface area contributed by atoms with Gasteiger partial charge in [0.1, 0.15) is 5.75 Å². The van der Waals surface area contributed by atoms with Gasteiger partial charge in [-0.15, -0.1) is 0 Å². The second-order valence-electron chi connectivity index (χ2n) is 5.20. The summed E-state index contributed by atoms with van der Waals surface area (Å²) < 4.78 is 27.1. The number of hydrogen-bond donors (Lipinski definition) is 2. The van der Waals surface area contributed by atoms with Crippen LogP contribution >= 0.6 is 15.9 Å². The second kappa shape index (κ2) is 7.99. The molecule has 8 heteroatoms. The average Bonchev–Trinajstić information content (AvgIpc) is 2.57. The molecule has 0 radical (unpaired) electrons. The van der Waals surface area contributed by atoms with Gasteiger partial charge in [-0.1, -0.05) is 26.0 Å². The number of sulfonamides is 1. The fraction of sp³-hybridized carbons (Fsp3) is 0.235. The van der Waals surface area contributed by atoms with Crippen LogP contribution in [0.1, 0.15) is 24.2 Å². The molecular formula is C17H19BrN2O4S. The molecular weight excluding hydrogens is 408 g/mol. The molecule has 0 unspecified atom stereocenters. The maximum atomic E-state index is 12.6. The van der Waals surface area contributed by atoms with Crippen molar-refractivity contribution in [3.63, 3.8) is 0 Å². The number of phenolic OH excluding ortho intramolecular Hbond substituents is 1. The Morgan fingerprint density at radius 1 is 1.16 bits per heavy atom. The van der Waals surface area contributed by atoms with E-state index in [1.54, 1.807) is 38.1 Å². The van der Waals surface area contributed by atoms with Crippen molar-refractivity contribution in [2.24, 2.45) is 0 Å². The van der Waals surface area contributed by atoms with E-state index in [0.717, 1.165) is 0 Å². The number of amides is 1. The molecule has 0 heterocycles. The van der Waals surface area contributed by atoms with Crippen LogP contribution in [-0.2, 0) is 10.0 Å². The van der Waals surface area contributed by atoms with Crippen LogP contribution in [0, 0.1) is 0 Å². The van der Waals surface area contributed by atoms with E-state index in [0.29, 0.717) is 23.1 Å². The minimum atomic E-state index is -3.69. The summed E-state index contributed by atoms with van der Waals surface area (Å²) in [5.74, 6) is -0.668. The summed E-state index contributed by atoms with van der Waals surface area (Å²) in [7, 11) is -3.69. The van der Waals surface area contributed by atoms with Crippen LogP contribution in [0.25, 0.3) is 0 Å². The van der Waals surface area contributed by atoms with Gasteiger partial charge in [0.2, 0.25) is 10.0 Å². The molecule has 6 nitrogen and oxygen atoms in total. The van der Waals surface area contributed by atoms with Gasteiger partial charge >= 0.3 is 0 Å². The second-order valence-corrected chi connectivity index (χ2v) is 7.99. The number of halogens is 1. The molecule has 0 bridgehead atoms. The molecule has 134 valence electrons. The number of nitrogens with zero attached hydrogens (tertiary/aromatic N) is 1. The van der Waals surface area contributed by atoms with E-state index >= 15 is 0 Å². The molecule has 1 amide bonds. The molecule has 2 rings (SSSR count). The molecule has 0 aliphatic carbocycles. The number of nitrogens with one attached hydrogen (secondary N) is 1. The number of aromatic hydroxyl groups is 1. The van der Waals surface area contributed by atoms with Crippen molar-refractivity contribution in [2.75, 3.05) is 18.4 Å². The lowest BCUT2D eigenvalue weighted by Gasteiger charge is -2.19. The molecule has 0 aliphatic heterocycles. The van der Waals surface area contributed by atoms with E-state index in [1.807, 2.05) is 0 Å². The van der Waals surface area contributed by atoms with Crippen LogP contribution in [0.3, 0.4) is 0 Å². The zero-order valence-corrected chi connectivity index (χ0v) is 16.3. The quantitative estimate of drug-likeness (QED) is 0.692. The lowest BCUT2D eigenvalue weighted by molar-refractivity contribution is 0.102. The summed E-state index contributed by atoms with van der Waals surface area (Å²) >= 11 is 3.29. The van der Waals surface area contributed by atoms with Gasteiger partial charge in [0.25, 0.3) is 5.91 Å². The van der Waals surface area contributed by atoms with E-state index in [-0.39, 0.29) is 16.3 Å². The number of rotatable bonds is 6. The highest BCUT2D eigenvalue weighted by atomic mass is 79.9. The molecule has 25 heavy (non-hydrogen) atoms. The fourth-order valence-corrected chi connectivity index (χ4v) is 4.27. The zero-order valence-electron chi connectivity index (χ0n) is 13.9. The fourth-order valence-electron chi connectivity index (χ4n) is 2.32. The molecule has 0 saturated carbocycles. The summed E-state index contributed by atoms with van der Waals surface area (Å²) in [5.41, 5.74) is 0.410. The van der Waals surface area contributed by atoms with Crippen molar-refractivity contribution in [1.82, 2.24) is 4.31 Å². The number of phenols is 1. The molecule has 2 N–H and O–H groups in total. The van der Waals surface area contributed by atoms with Gasteiger partial charge in [-0.05, 0) is 46.3 Å². The molecule has 2 aromatic carbocycles. The summed E-state index contributed by atoms with van der Waals surface area (Å²) in [6.07, 6.45) is 0. The monoisotopic (exact) mass is 426 g/mol.